The van der Waals surface area contributed by atoms with Crippen LogP contribution in [0.3, 0.4) is 0 Å². The summed E-state index contributed by atoms with van der Waals surface area (Å²) in [5, 5.41) is 0. The summed E-state index contributed by atoms with van der Waals surface area (Å²) in [6, 6.07) is 62.3. The molecule has 0 fully saturated rings. The Balaban J connectivity index is -0.000000133. The van der Waals surface area contributed by atoms with Crippen LogP contribution in [-0.2, 0) is 25.7 Å². The van der Waals surface area contributed by atoms with Crippen LogP contribution >= 0.6 is 0 Å². The Bertz CT molecular complexity index is 1230. The predicted octanol–water partition coefficient (Wildman–Crippen LogP) is 19.1. The molecule has 0 spiro atoms. The van der Waals surface area contributed by atoms with Crippen molar-refractivity contribution in [2.24, 2.45) is 0 Å². The Labute approximate surface area is 364 Å². The van der Waals surface area contributed by atoms with E-state index in [0.717, 1.165) is 25.7 Å². The smallest absolute Gasteiger partial charge is 0.0307 e. The van der Waals surface area contributed by atoms with Crippen LogP contribution < -0.4 is 0 Å². The molecule has 6 aromatic rings. The molecule has 0 saturated heterocycles. The molecular formula is C58H92. The van der Waals surface area contributed by atoms with E-state index < -0.39 is 0 Å². The molecule has 0 heteroatoms. The van der Waals surface area contributed by atoms with Gasteiger partial charge in [-0.1, -0.05) is 304 Å². The minimum atomic E-state index is 1.14. The molecule has 0 radical (unpaired) electrons. The molecule has 0 saturated carbocycles. The van der Waals surface area contributed by atoms with E-state index in [0.29, 0.717) is 0 Å². The highest BCUT2D eigenvalue weighted by atomic mass is 13.9. The fraction of sp³-hybridized carbons (Fsp3) is 0.379. The molecule has 0 N–H and O–H groups in total. The van der Waals surface area contributed by atoms with Crippen LogP contribution in [0.1, 0.15) is 144 Å². The number of aryl methyl sites for hydroxylation is 6. The van der Waals surface area contributed by atoms with E-state index in [1.807, 2.05) is 144 Å². The van der Waals surface area contributed by atoms with Gasteiger partial charge in [0.05, 0.1) is 0 Å². The van der Waals surface area contributed by atoms with Crippen molar-refractivity contribution in [3.63, 3.8) is 0 Å². The van der Waals surface area contributed by atoms with Crippen LogP contribution in [0.4, 0.5) is 0 Å². The number of hydrogen-bond donors (Lipinski definition) is 0. The average molecular weight is 789 g/mol. The molecule has 0 aliphatic heterocycles. The lowest BCUT2D eigenvalue weighted by Crippen LogP contribution is -1.73. The van der Waals surface area contributed by atoms with Gasteiger partial charge in [-0.3, -0.25) is 0 Å². The fourth-order valence-electron chi connectivity index (χ4n) is 3.92. The van der Waals surface area contributed by atoms with Gasteiger partial charge in [-0.15, -0.1) is 0 Å². The van der Waals surface area contributed by atoms with Gasteiger partial charge in [0.2, 0.25) is 0 Å². The average Bonchev–Trinajstić information content (AvgIpc) is 3.35. The first-order chi connectivity index (χ1) is 28.5. The van der Waals surface area contributed by atoms with Gasteiger partial charge in [0.1, 0.15) is 0 Å². The quantitative estimate of drug-likeness (QED) is 0.167. The van der Waals surface area contributed by atoms with Crippen molar-refractivity contribution in [1.29, 1.82) is 0 Å². The third-order valence-corrected chi connectivity index (χ3v) is 6.89. The molecule has 0 aromatic heterocycles. The zero-order valence-corrected chi connectivity index (χ0v) is 41.1. The van der Waals surface area contributed by atoms with Crippen molar-refractivity contribution in [2.45, 2.75) is 150 Å². The first kappa shape index (κ1) is 65.2. The van der Waals surface area contributed by atoms with E-state index in [-0.39, 0.29) is 0 Å². The van der Waals surface area contributed by atoms with Gasteiger partial charge in [0.25, 0.3) is 0 Å². The monoisotopic (exact) mass is 789 g/mol. The second-order valence-electron chi connectivity index (χ2n) is 10.7. The molecule has 0 amide bonds. The highest BCUT2D eigenvalue weighted by Crippen LogP contribution is 1.99. The van der Waals surface area contributed by atoms with Crippen LogP contribution in [0.25, 0.3) is 0 Å². The molecule has 0 unspecified atom stereocenters. The highest BCUT2D eigenvalue weighted by Gasteiger charge is 1.82. The van der Waals surface area contributed by atoms with E-state index in [1.165, 1.54) is 33.4 Å². The van der Waals surface area contributed by atoms with Crippen LogP contribution in [0.5, 0.6) is 0 Å². The molecule has 58 heavy (non-hydrogen) atoms. The summed E-state index contributed by atoms with van der Waals surface area (Å²) in [6.07, 6.45) is 4.56. The van der Waals surface area contributed by atoms with E-state index in [4.69, 9.17) is 0 Å². The van der Waals surface area contributed by atoms with E-state index >= 15 is 0 Å². The predicted molar refractivity (Wildman–Crippen MR) is 274 cm³/mol. The largest absolute Gasteiger partial charge is 0.0683 e. The van der Waals surface area contributed by atoms with Crippen molar-refractivity contribution in [3.05, 3.63) is 215 Å². The number of benzene rings is 6. The first-order valence-corrected chi connectivity index (χ1v) is 22.7. The van der Waals surface area contributed by atoms with Crippen molar-refractivity contribution in [1.82, 2.24) is 0 Å². The third-order valence-electron chi connectivity index (χ3n) is 6.89. The van der Waals surface area contributed by atoms with Crippen molar-refractivity contribution in [2.75, 3.05) is 0 Å². The summed E-state index contributed by atoms with van der Waals surface area (Å²) in [6.45, 7) is 36.8. The molecule has 324 valence electrons. The molecule has 0 atom stereocenters. The standard InChI is InChI=1S/4C8H10.2C7H8.6C2H6/c4*1-2-8-6-4-3-5-7-8;2*1-7-5-3-2-4-6-7;6*1-2/h4*3-7H,2H2,1H3;2*2-6H,1H3;6*1-2H3. The van der Waals surface area contributed by atoms with E-state index in [9.17, 15) is 0 Å². The number of hydrogen-bond acceptors (Lipinski definition) is 0. The number of rotatable bonds is 4. The topological polar surface area (TPSA) is 0 Å². The molecular weight excluding hydrogens is 697 g/mol. The third kappa shape index (κ3) is 49.3. The highest BCUT2D eigenvalue weighted by molar-refractivity contribution is 5.16. The molecule has 0 aliphatic carbocycles. The van der Waals surface area contributed by atoms with Crippen LogP contribution in [0, 0.1) is 13.8 Å². The SMILES string of the molecule is CC.CC.CC.CC.CC.CC.CCc1ccccc1.CCc1ccccc1.CCc1ccccc1.CCc1ccccc1.Cc1ccccc1.Cc1ccccc1. The minimum absolute atomic E-state index is 1.14. The summed E-state index contributed by atoms with van der Waals surface area (Å²) < 4.78 is 0. The summed E-state index contributed by atoms with van der Waals surface area (Å²) in [4.78, 5) is 0. The Morgan fingerprint density at radius 1 is 0.207 bits per heavy atom. The normalized spacial score (nSPS) is 7.76. The molecule has 6 rings (SSSR count). The fourth-order valence-corrected chi connectivity index (χ4v) is 3.92. The van der Waals surface area contributed by atoms with Crippen LogP contribution in [0.15, 0.2) is 182 Å². The second kappa shape index (κ2) is 61.5. The first-order valence-electron chi connectivity index (χ1n) is 22.7. The zero-order chi connectivity index (χ0) is 45.5. The summed E-state index contributed by atoms with van der Waals surface area (Å²) in [7, 11) is 0. The van der Waals surface area contributed by atoms with Gasteiger partial charge >= 0.3 is 0 Å². The van der Waals surface area contributed by atoms with Crippen molar-refractivity contribution in [3.8, 4) is 0 Å². The van der Waals surface area contributed by atoms with E-state index in [2.05, 4.69) is 163 Å². The Kier molecular flexibility index (Phi) is 69.2. The van der Waals surface area contributed by atoms with Gasteiger partial charge in [0, 0.05) is 0 Å². The molecule has 6 aromatic carbocycles. The summed E-state index contributed by atoms with van der Waals surface area (Å²) in [5.41, 5.74) is 8.28. The molecule has 0 heterocycles. The van der Waals surface area contributed by atoms with Gasteiger partial charge in [0.15, 0.2) is 0 Å². The van der Waals surface area contributed by atoms with Gasteiger partial charge in [-0.2, -0.15) is 0 Å². The van der Waals surface area contributed by atoms with Crippen LogP contribution in [0.2, 0.25) is 0 Å². The zero-order valence-electron chi connectivity index (χ0n) is 41.1. The van der Waals surface area contributed by atoms with Crippen molar-refractivity contribution >= 4 is 0 Å². The lowest BCUT2D eigenvalue weighted by Gasteiger charge is -1.89. The van der Waals surface area contributed by atoms with Gasteiger partial charge in [-0.25, -0.2) is 0 Å². The van der Waals surface area contributed by atoms with E-state index in [1.54, 1.807) is 0 Å². The van der Waals surface area contributed by atoms with Gasteiger partial charge in [-0.05, 0) is 61.8 Å². The molecule has 0 nitrogen and oxygen atoms in total. The molecule has 0 bridgehead atoms. The Morgan fingerprint density at radius 3 is 0.397 bits per heavy atom. The van der Waals surface area contributed by atoms with Gasteiger partial charge < -0.3 is 0 Å². The molecule has 0 aliphatic rings. The Hall–Kier alpha value is -4.68. The maximum Gasteiger partial charge on any atom is -0.0307 e. The van der Waals surface area contributed by atoms with Crippen LogP contribution in [-0.4, -0.2) is 0 Å². The summed E-state index contributed by atoms with van der Waals surface area (Å²) in [5.74, 6) is 0. The maximum absolute atomic E-state index is 2.16. The van der Waals surface area contributed by atoms with Crippen molar-refractivity contribution < 1.29 is 0 Å². The summed E-state index contributed by atoms with van der Waals surface area (Å²) >= 11 is 0. The Morgan fingerprint density at radius 2 is 0.328 bits per heavy atom. The maximum atomic E-state index is 2.16. The second-order valence-corrected chi connectivity index (χ2v) is 10.7. The lowest BCUT2D eigenvalue weighted by atomic mass is 10.2. The lowest BCUT2D eigenvalue weighted by molar-refractivity contribution is 1.14. The minimum Gasteiger partial charge on any atom is -0.0683 e.